The maximum atomic E-state index is 13.2. The highest BCUT2D eigenvalue weighted by molar-refractivity contribution is 7.84. The van der Waals surface area contributed by atoms with Crippen molar-refractivity contribution < 1.29 is 13.7 Å². The van der Waals surface area contributed by atoms with Crippen LogP contribution in [0.3, 0.4) is 0 Å². The van der Waals surface area contributed by atoms with E-state index in [2.05, 4.69) is 42.5 Å². The van der Waals surface area contributed by atoms with Crippen molar-refractivity contribution in [3.63, 3.8) is 0 Å². The predicted molar refractivity (Wildman–Crippen MR) is 163 cm³/mol. The molecule has 2 aromatic carbocycles. The zero-order chi connectivity index (χ0) is 27.9. The normalized spacial score (nSPS) is 22.2. The van der Waals surface area contributed by atoms with Gasteiger partial charge in [-0.25, -0.2) is 4.21 Å². The molecule has 0 radical (unpaired) electrons. The van der Waals surface area contributed by atoms with Crippen molar-refractivity contribution in [3.8, 4) is 5.75 Å². The van der Waals surface area contributed by atoms with Gasteiger partial charge in [0.1, 0.15) is 16.7 Å². The van der Waals surface area contributed by atoms with E-state index in [1.54, 1.807) is 6.07 Å². The first-order valence-electron chi connectivity index (χ1n) is 14.9. The van der Waals surface area contributed by atoms with Gasteiger partial charge in [-0.2, -0.15) is 0 Å². The van der Waals surface area contributed by atoms with Gasteiger partial charge >= 0.3 is 0 Å². The molecule has 5 atom stereocenters. The summed E-state index contributed by atoms with van der Waals surface area (Å²) in [5.74, 6) is 2.05. The molecule has 0 spiro atoms. The first kappa shape index (κ1) is 29.9. The Kier molecular flexibility index (Phi) is 10.8. The maximum Gasteiger partial charge on any atom is 0.263 e. The average Bonchev–Trinajstić information content (AvgIpc) is 3.10. The summed E-state index contributed by atoms with van der Waals surface area (Å²) >= 11 is 6.37. The molecule has 214 valence electrons. The topological polar surface area (TPSA) is 58.6 Å². The van der Waals surface area contributed by atoms with Gasteiger partial charge in [0.25, 0.3) is 5.91 Å². The third kappa shape index (κ3) is 7.38. The van der Waals surface area contributed by atoms with Crippen molar-refractivity contribution in [1.82, 2.24) is 4.72 Å². The van der Waals surface area contributed by atoms with Gasteiger partial charge in [0.15, 0.2) is 0 Å². The molecule has 1 fully saturated rings. The van der Waals surface area contributed by atoms with E-state index >= 15 is 0 Å². The van der Waals surface area contributed by atoms with Crippen molar-refractivity contribution >= 4 is 34.2 Å². The minimum atomic E-state index is -1.40. The molecule has 0 saturated heterocycles. The molecule has 39 heavy (non-hydrogen) atoms. The second kappa shape index (κ2) is 14.0. The molecule has 5 unspecified atom stereocenters. The molecular weight excluding hydrogens is 528 g/mol. The van der Waals surface area contributed by atoms with Crippen LogP contribution in [0.15, 0.2) is 36.4 Å². The Balaban J connectivity index is 1.60. The lowest BCUT2D eigenvalue weighted by molar-refractivity contribution is 0.0982. The molecule has 1 aliphatic heterocycles. The number of hydrogen-bond donors (Lipinski definition) is 1. The van der Waals surface area contributed by atoms with Crippen LogP contribution in [-0.2, 0) is 17.4 Å². The monoisotopic (exact) mass is 572 g/mol. The largest absolute Gasteiger partial charge is 0.491 e. The molecular formula is C32H45ClN2O3S. The Morgan fingerprint density at radius 2 is 1.97 bits per heavy atom. The molecule has 1 amide bonds. The lowest BCUT2D eigenvalue weighted by Crippen LogP contribution is -2.39. The van der Waals surface area contributed by atoms with Crippen molar-refractivity contribution in [2.24, 2.45) is 11.8 Å². The second-order valence-corrected chi connectivity index (χ2v) is 13.3. The molecule has 5 nitrogen and oxygen atoms in total. The smallest absolute Gasteiger partial charge is 0.263 e. The van der Waals surface area contributed by atoms with Crippen molar-refractivity contribution in [3.05, 3.63) is 58.1 Å². The van der Waals surface area contributed by atoms with Gasteiger partial charge in [-0.1, -0.05) is 71.0 Å². The minimum Gasteiger partial charge on any atom is -0.491 e. The van der Waals surface area contributed by atoms with Crippen molar-refractivity contribution in [1.29, 1.82) is 0 Å². The standard InChI is InChI=1S/C32H45ClN2O3S/c1-5-8-10-28(7-3)39(37)34-32(36)24-13-16-31-30(18-24)35(19-25-12-11-22(25)4)20-26(21-38-31)29-15-14-27(33)17-23(29)9-6-2/h13-18,22,25-26,28H,5-12,19-21H2,1-4H3,(H,34,36). The summed E-state index contributed by atoms with van der Waals surface area (Å²) in [7, 11) is -1.40. The van der Waals surface area contributed by atoms with E-state index in [-0.39, 0.29) is 17.1 Å². The van der Waals surface area contributed by atoms with Crippen LogP contribution in [0, 0.1) is 11.8 Å². The van der Waals surface area contributed by atoms with Gasteiger partial charge in [-0.3, -0.25) is 9.52 Å². The number of nitrogens with one attached hydrogen (secondary N) is 1. The van der Waals surface area contributed by atoms with Gasteiger partial charge in [-0.05, 0) is 79.0 Å². The zero-order valence-corrected chi connectivity index (χ0v) is 25.6. The summed E-state index contributed by atoms with van der Waals surface area (Å²) in [4.78, 5) is 15.7. The van der Waals surface area contributed by atoms with Crippen LogP contribution in [0.25, 0.3) is 0 Å². The Morgan fingerprint density at radius 3 is 2.64 bits per heavy atom. The van der Waals surface area contributed by atoms with Crippen molar-refractivity contribution in [2.45, 2.75) is 90.2 Å². The zero-order valence-electron chi connectivity index (χ0n) is 24.0. The molecule has 2 aliphatic rings. The molecule has 2 aromatic rings. The van der Waals surface area contributed by atoms with E-state index in [0.717, 1.165) is 68.1 Å². The molecule has 1 heterocycles. The lowest BCUT2D eigenvalue weighted by atomic mass is 9.74. The van der Waals surface area contributed by atoms with E-state index in [1.807, 2.05) is 25.1 Å². The number of aryl methyl sites for hydroxylation is 1. The highest BCUT2D eigenvalue weighted by atomic mass is 35.5. The Hall–Kier alpha value is -2.05. The molecule has 0 aromatic heterocycles. The third-order valence-electron chi connectivity index (χ3n) is 8.59. The van der Waals surface area contributed by atoms with Gasteiger partial charge < -0.3 is 9.64 Å². The number of benzene rings is 2. The number of anilines is 1. The van der Waals surface area contributed by atoms with Gasteiger partial charge in [0.2, 0.25) is 0 Å². The molecule has 4 rings (SSSR count). The van der Waals surface area contributed by atoms with Crippen molar-refractivity contribution in [2.75, 3.05) is 24.6 Å². The Bertz CT molecular complexity index is 1160. The minimum absolute atomic E-state index is 0.0212. The van der Waals surface area contributed by atoms with Crippen LogP contribution < -0.4 is 14.4 Å². The molecule has 1 saturated carbocycles. The number of nitrogens with zero attached hydrogens (tertiary/aromatic N) is 1. The Morgan fingerprint density at radius 1 is 1.15 bits per heavy atom. The van der Waals surface area contributed by atoms with Gasteiger partial charge in [0.05, 0.1) is 17.5 Å². The average molecular weight is 573 g/mol. The predicted octanol–water partition coefficient (Wildman–Crippen LogP) is 7.68. The summed E-state index contributed by atoms with van der Waals surface area (Å²) in [6.07, 6.45) is 8.25. The van der Waals surface area contributed by atoms with Crippen LogP contribution in [0.1, 0.15) is 100 Å². The first-order chi connectivity index (χ1) is 18.8. The number of halogens is 1. The van der Waals surface area contributed by atoms with Gasteiger partial charge in [0, 0.05) is 29.6 Å². The maximum absolute atomic E-state index is 13.2. The van der Waals surface area contributed by atoms with Crippen LogP contribution >= 0.6 is 11.6 Å². The molecule has 1 aliphatic carbocycles. The third-order valence-corrected chi connectivity index (χ3v) is 10.4. The summed E-state index contributed by atoms with van der Waals surface area (Å²) < 4.78 is 22.1. The number of fused-ring (bicyclic) bond motifs is 1. The number of carbonyl (C=O) groups excluding carboxylic acids is 1. The summed E-state index contributed by atoms with van der Waals surface area (Å²) in [5, 5.41) is 0.750. The second-order valence-electron chi connectivity index (χ2n) is 11.4. The summed E-state index contributed by atoms with van der Waals surface area (Å²) in [6.45, 7) is 11.0. The van der Waals surface area contributed by atoms with E-state index in [1.165, 1.54) is 24.0 Å². The number of amides is 1. The van der Waals surface area contributed by atoms with Crippen LogP contribution in [0.4, 0.5) is 5.69 Å². The number of unbranched alkanes of at least 4 members (excludes halogenated alkanes) is 1. The first-order valence-corrected chi connectivity index (χ1v) is 16.4. The number of hydrogen-bond acceptors (Lipinski definition) is 4. The SMILES string of the molecule is CCCCC(CC)S(=O)NC(=O)c1ccc2c(c1)N(CC1CCC1C)CC(c1ccc(Cl)cc1CCC)CO2. The number of rotatable bonds is 12. The van der Waals surface area contributed by atoms with Gasteiger partial charge in [-0.15, -0.1) is 0 Å². The van der Waals surface area contributed by atoms with E-state index < -0.39 is 11.0 Å². The van der Waals surface area contributed by atoms with Crippen LogP contribution in [-0.4, -0.2) is 35.1 Å². The van der Waals surface area contributed by atoms with Crippen LogP contribution in [0.2, 0.25) is 5.02 Å². The lowest BCUT2D eigenvalue weighted by Gasteiger charge is -2.39. The fourth-order valence-electron chi connectivity index (χ4n) is 5.87. The molecule has 0 bridgehead atoms. The summed E-state index contributed by atoms with van der Waals surface area (Å²) in [5.41, 5.74) is 4.07. The number of ether oxygens (including phenoxy) is 1. The highest BCUT2D eigenvalue weighted by Crippen LogP contribution is 2.41. The fourth-order valence-corrected chi connectivity index (χ4v) is 7.22. The number of carbonyl (C=O) groups is 1. The summed E-state index contributed by atoms with van der Waals surface area (Å²) in [6, 6.07) is 11.9. The quantitative estimate of drug-likeness (QED) is 0.283. The van der Waals surface area contributed by atoms with E-state index in [4.69, 9.17) is 16.3 Å². The van der Waals surface area contributed by atoms with E-state index in [0.29, 0.717) is 24.0 Å². The van der Waals surface area contributed by atoms with E-state index in [9.17, 15) is 9.00 Å². The molecule has 1 N–H and O–H groups in total. The fraction of sp³-hybridized carbons (Fsp3) is 0.594. The van der Waals surface area contributed by atoms with Crippen LogP contribution in [0.5, 0.6) is 5.75 Å². The molecule has 7 heteroatoms. The highest BCUT2D eigenvalue weighted by Gasteiger charge is 2.33. The Labute approximate surface area is 242 Å².